The van der Waals surface area contributed by atoms with E-state index in [1.165, 1.54) is 0 Å². The van der Waals surface area contributed by atoms with E-state index in [0.29, 0.717) is 17.8 Å². The van der Waals surface area contributed by atoms with Crippen LogP contribution in [0.15, 0.2) is 53.1 Å². The van der Waals surface area contributed by atoms with Crippen LogP contribution in [0.3, 0.4) is 0 Å². The standard InChI is InChI=1S/C20H18N2O2/c1-4-16-7-5-8-17(12-16)21-20(23)19-11-14(2)22(15(19)3)13-18-9-6-10-24-18/h1,5-12H,13H2,2-3H3,(H,21,23). The van der Waals surface area contributed by atoms with Gasteiger partial charge >= 0.3 is 0 Å². The van der Waals surface area contributed by atoms with Gasteiger partial charge in [0, 0.05) is 22.6 Å². The minimum Gasteiger partial charge on any atom is -0.467 e. The van der Waals surface area contributed by atoms with Crippen LogP contribution < -0.4 is 5.32 Å². The maximum absolute atomic E-state index is 12.6. The lowest BCUT2D eigenvalue weighted by molar-refractivity contribution is 0.102. The normalized spacial score (nSPS) is 10.4. The van der Waals surface area contributed by atoms with Crippen molar-refractivity contribution in [2.75, 3.05) is 5.32 Å². The van der Waals surface area contributed by atoms with Crippen LogP contribution in [-0.2, 0) is 6.54 Å². The molecular formula is C20H18N2O2. The number of anilines is 1. The van der Waals surface area contributed by atoms with Gasteiger partial charge in [-0.25, -0.2) is 0 Å². The van der Waals surface area contributed by atoms with Gasteiger partial charge in [0.05, 0.1) is 18.4 Å². The summed E-state index contributed by atoms with van der Waals surface area (Å²) in [4.78, 5) is 12.6. The third kappa shape index (κ3) is 3.11. The van der Waals surface area contributed by atoms with E-state index in [1.54, 1.807) is 12.3 Å². The van der Waals surface area contributed by atoms with Gasteiger partial charge < -0.3 is 14.3 Å². The van der Waals surface area contributed by atoms with Crippen molar-refractivity contribution in [2.24, 2.45) is 0 Å². The summed E-state index contributed by atoms with van der Waals surface area (Å²) in [6, 6.07) is 12.9. The van der Waals surface area contributed by atoms with E-state index in [0.717, 1.165) is 22.7 Å². The van der Waals surface area contributed by atoms with Crippen LogP contribution in [0.2, 0.25) is 0 Å². The molecule has 0 bridgehead atoms. The molecule has 4 nitrogen and oxygen atoms in total. The number of hydrogen-bond donors (Lipinski definition) is 1. The van der Waals surface area contributed by atoms with Crippen LogP contribution in [0.1, 0.15) is 33.1 Å². The van der Waals surface area contributed by atoms with Crippen LogP contribution >= 0.6 is 0 Å². The highest BCUT2D eigenvalue weighted by molar-refractivity contribution is 6.05. The van der Waals surface area contributed by atoms with E-state index in [2.05, 4.69) is 15.8 Å². The summed E-state index contributed by atoms with van der Waals surface area (Å²) in [6.45, 7) is 4.51. The molecule has 0 aliphatic heterocycles. The number of nitrogens with zero attached hydrogens (tertiary/aromatic N) is 1. The first kappa shape index (κ1) is 15.7. The first-order chi connectivity index (χ1) is 11.6. The fraction of sp³-hybridized carbons (Fsp3) is 0.150. The number of terminal acetylenes is 1. The Morgan fingerprint density at radius 3 is 2.79 bits per heavy atom. The van der Waals surface area contributed by atoms with E-state index in [9.17, 15) is 4.79 Å². The van der Waals surface area contributed by atoms with Crippen molar-refractivity contribution in [3.63, 3.8) is 0 Å². The molecule has 2 aromatic heterocycles. The first-order valence-corrected chi connectivity index (χ1v) is 7.65. The van der Waals surface area contributed by atoms with Gasteiger partial charge in [-0.15, -0.1) is 6.42 Å². The number of furan rings is 1. The number of rotatable bonds is 4. The molecule has 24 heavy (non-hydrogen) atoms. The monoisotopic (exact) mass is 318 g/mol. The molecule has 0 atom stereocenters. The third-order valence-electron chi connectivity index (χ3n) is 4.00. The van der Waals surface area contributed by atoms with Crippen LogP contribution in [0, 0.1) is 26.2 Å². The zero-order valence-electron chi connectivity index (χ0n) is 13.7. The largest absolute Gasteiger partial charge is 0.467 e. The second-order valence-electron chi connectivity index (χ2n) is 5.63. The van der Waals surface area contributed by atoms with Crippen molar-refractivity contribution in [1.82, 2.24) is 4.57 Å². The minimum atomic E-state index is -0.150. The molecule has 0 aliphatic rings. The van der Waals surface area contributed by atoms with E-state index < -0.39 is 0 Å². The predicted molar refractivity (Wildman–Crippen MR) is 94.0 cm³/mol. The SMILES string of the molecule is C#Cc1cccc(NC(=O)c2cc(C)n(Cc3ccco3)c2C)c1. The molecule has 1 amide bonds. The number of hydrogen-bond acceptors (Lipinski definition) is 2. The molecule has 4 heteroatoms. The van der Waals surface area contributed by atoms with Gasteiger partial charge in [0.1, 0.15) is 5.76 Å². The third-order valence-corrected chi connectivity index (χ3v) is 4.00. The Kier molecular flexibility index (Phi) is 4.26. The van der Waals surface area contributed by atoms with Crippen LogP contribution in [0.5, 0.6) is 0 Å². The average molecular weight is 318 g/mol. The van der Waals surface area contributed by atoms with Gasteiger partial charge in [0.15, 0.2) is 0 Å². The Morgan fingerprint density at radius 2 is 2.08 bits per heavy atom. The number of nitrogens with one attached hydrogen (secondary N) is 1. The van der Waals surface area contributed by atoms with Crippen LogP contribution in [0.25, 0.3) is 0 Å². The Hall–Kier alpha value is -3.19. The second-order valence-corrected chi connectivity index (χ2v) is 5.63. The summed E-state index contributed by atoms with van der Waals surface area (Å²) in [7, 11) is 0. The fourth-order valence-electron chi connectivity index (χ4n) is 2.72. The number of benzene rings is 1. The summed E-state index contributed by atoms with van der Waals surface area (Å²) >= 11 is 0. The second kappa shape index (κ2) is 6.51. The van der Waals surface area contributed by atoms with E-state index in [-0.39, 0.29) is 5.91 Å². The summed E-state index contributed by atoms with van der Waals surface area (Å²) in [6.07, 6.45) is 7.05. The molecular weight excluding hydrogens is 300 g/mol. The number of carbonyl (C=O) groups is 1. The Morgan fingerprint density at radius 1 is 1.25 bits per heavy atom. The smallest absolute Gasteiger partial charge is 0.257 e. The number of carbonyl (C=O) groups excluding carboxylic acids is 1. The van der Waals surface area contributed by atoms with E-state index in [1.807, 2.05) is 50.2 Å². The molecule has 0 fully saturated rings. The highest BCUT2D eigenvalue weighted by Crippen LogP contribution is 2.19. The lowest BCUT2D eigenvalue weighted by Crippen LogP contribution is -2.13. The summed E-state index contributed by atoms with van der Waals surface area (Å²) in [5.74, 6) is 3.27. The summed E-state index contributed by atoms with van der Waals surface area (Å²) in [5.41, 5.74) is 3.97. The summed E-state index contributed by atoms with van der Waals surface area (Å²) < 4.78 is 7.46. The fourth-order valence-corrected chi connectivity index (χ4v) is 2.72. The highest BCUT2D eigenvalue weighted by atomic mass is 16.3. The Bertz CT molecular complexity index is 912. The maximum Gasteiger partial charge on any atom is 0.257 e. The number of aryl methyl sites for hydroxylation is 1. The summed E-state index contributed by atoms with van der Waals surface area (Å²) in [5, 5.41) is 2.90. The molecule has 120 valence electrons. The average Bonchev–Trinajstić information content (AvgIpc) is 3.18. The van der Waals surface area contributed by atoms with Crippen LogP contribution in [0.4, 0.5) is 5.69 Å². The molecule has 1 N–H and O–H groups in total. The molecule has 0 radical (unpaired) electrons. The molecule has 0 aliphatic carbocycles. The molecule has 1 aromatic carbocycles. The molecule has 0 spiro atoms. The molecule has 0 saturated carbocycles. The van der Waals surface area contributed by atoms with Crippen molar-refractivity contribution in [3.05, 3.63) is 77.0 Å². The van der Waals surface area contributed by atoms with Gasteiger partial charge in [-0.2, -0.15) is 0 Å². The van der Waals surface area contributed by atoms with Gasteiger partial charge in [-0.3, -0.25) is 4.79 Å². The Balaban J connectivity index is 1.84. The van der Waals surface area contributed by atoms with Gasteiger partial charge in [-0.05, 0) is 50.2 Å². The molecule has 2 heterocycles. The zero-order valence-corrected chi connectivity index (χ0v) is 13.7. The van der Waals surface area contributed by atoms with E-state index in [4.69, 9.17) is 10.8 Å². The topological polar surface area (TPSA) is 47.2 Å². The molecule has 0 saturated heterocycles. The minimum absolute atomic E-state index is 0.150. The zero-order chi connectivity index (χ0) is 17.1. The first-order valence-electron chi connectivity index (χ1n) is 7.65. The van der Waals surface area contributed by atoms with Crippen molar-refractivity contribution in [1.29, 1.82) is 0 Å². The van der Waals surface area contributed by atoms with Crippen molar-refractivity contribution in [2.45, 2.75) is 20.4 Å². The Labute approximate surface area is 141 Å². The van der Waals surface area contributed by atoms with Gasteiger partial charge in [0.2, 0.25) is 0 Å². The van der Waals surface area contributed by atoms with E-state index >= 15 is 0 Å². The predicted octanol–water partition coefficient (Wildman–Crippen LogP) is 3.98. The lowest BCUT2D eigenvalue weighted by Gasteiger charge is -2.09. The van der Waals surface area contributed by atoms with Crippen molar-refractivity contribution in [3.8, 4) is 12.3 Å². The van der Waals surface area contributed by atoms with Crippen molar-refractivity contribution < 1.29 is 9.21 Å². The van der Waals surface area contributed by atoms with Crippen molar-refractivity contribution >= 4 is 11.6 Å². The maximum atomic E-state index is 12.6. The quantitative estimate of drug-likeness (QED) is 0.740. The molecule has 0 unspecified atom stereocenters. The number of aromatic nitrogens is 1. The molecule has 3 aromatic rings. The van der Waals surface area contributed by atoms with Crippen LogP contribution in [-0.4, -0.2) is 10.5 Å². The van der Waals surface area contributed by atoms with Gasteiger partial charge in [0.25, 0.3) is 5.91 Å². The lowest BCUT2D eigenvalue weighted by atomic mass is 10.2. The van der Waals surface area contributed by atoms with Gasteiger partial charge in [-0.1, -0.05) is 12.0 Å². The highest BCUT2D eigenvalue weighted by Gasteiger charge is 2.16. The molecule has 3 rings (SSSR count). The number of amides is 1.